The van der Waals surface area contributed by atoms with Crippen LogP contribution in [0.15, 0.2) is 63.9 Å². The molecule has 0 bridgehead atoms. The minimum absolute atomic E-state index is 0.239. The van der Waals surface area contributed by atoms with Crippen LogP contribution in [0.25, 0.3) is 17.4 Å². The lowest BCUT2D eigenvalue weighted by Crippen LogP contribution is -2.27. The zero-order valence-electron chi connectivity index (χ0n) is 14.7. The van der Waals surface area contributed by atoms with Crippen LogP contribution >= 0.6 is 57.6 Å². The van der Waals surface area contributed by atoms with E-state index in [1.54, 1.807) is 36.4 Å². The topological polar surface area (TPSA) is 50.5 Å². The van der Waals surface area contributed by atoms with Gasteiger partial charge in [0.05, 0.1) is 16.5 Å². The van der Waals surface area contributed by atoms with E-state index >= 15 is 0 Å². The Hall–Kier alpha value is -1.74. The summed E-state index contributed by atoms with van der Waals surface area (Å²) in [5, 5.41) is 0.705. The summed E-state index contributed by atoms with van der Waals surface area (Å²) in [6.07, 6.45) is 1.58. The summed E-state index contributed by atoms with van der Waals surface area (Å²) < 4.78 is 6.89. The number of imide groups is 1. The molecule has 0 spiro atoms. The molecule has 1 aliphatic rings. The van der Waals surface area contributed by atoms with Crippen LogP contribution in [0, 0.1) is 3.57 Å². The van der Waals surface area contributed by atoms with Crippen LogP contribution < -0.4 is 0 Å². The maximum atomic E-state index is 12.7. The van der Waals surface area contributed by atoms with E-state index in [0.29, 0.717) is 32.0 Å². The second-order valence-corrected chi connectivity index (χ2v) is 9.30. The summed E-state index contributed by atoms with van der Waals surface area (Å²) >= 11 is 15.3. The Bertz CT molecular complexity index is 1140. The first-order chi connectivity index (χ1) is 13.9. The Morgan fingerprint density at radius 1 is 1.03 bits per heavy atom. The van der Waals surface area contributed by atoms with Gasteiger partial charge in [0, 0.05) is 20.2 Å². The average molecular weight is 556 g/mol. The quantitative estimate of drug-likeness (QED) is 0.254. The summed E-state index contributed by atoms with van der Waals surface area (Å²) in [6.45, 7) is 0.239. The molecule has 2 heterocycles. The molecule has 1 saturated heterocycles. The lowest BCUT2D eigenvalue weighted by molar-refractivity contribution is -0.123. The third kappa shape index (κ3) is 4.55. The number of thioether (sulfide) groups is 1. The van der Waals surface area contributed by atoms with Gasteiger partial charge in [-0.3, -0.25) is 14.5 Å². The van der Waals surface area contributed by atoms with Crippen LogP contribution in [0.4, 0.5) is 4.79 Å². The van der Waals surface area contributed by atoms with E-state index in [-0.39, 0.29) is 17.7 Å². The lowest BCUT2D eigenvalue weighted by Gasteiger charge is -2.12. The van der Waals surface area contributed by atoms with Crippen molar-refractivity contribution in [3.8, 4) is 11.3 Å². The Morgan fingerprint density at radius 3 is 2.52 bits per heavy atom. The summed E-state index contributed by atoms with van der Waals surface area (Å²) in [6, 6.07) is 16.3. The fourth-order valence-corrected chi connectivity index (χ4v) is 4.48. The highest BCUT2D eigenvalue weighted by molar-refractivity contribution is 14.1. The monoisotopic (exact) mass is 555 g/mol. The molecule has 29 heavy (non-hydrogen) atoms. The lowest BCUT2D eigenvalue weighted by atomic mass is 10.2. The van der Waals surface area contributed by atoms with Gasteiger partial charge >= 0.3 is 0 Å². The smallest absolute Gasteiger partial charge is 0.293 e. The molecule has 0 unspecified atom stereocenters. The van der Waals surface area contributed by atoms with Gasteiger partial charge in [0.2, 0.25) is 0 Å². The van der Waals surface area contributed by atoms with Crippen molar-refractivity contribution >= 4 is 74.8 Å². The van der Waals surface area contributed by atoms with E-state index in [1.165, 1.54) is 4.90 Å². The zero-order valence-corrected chi connectivity index (χ0v) is 19.2. The van der Waals surface area contributed by atoms with Crippen molar-refractivity contribution in [1.29, 1.82) is 0 Å². The molecule has 4 rings (SSSR count). The predicted molar refractivity (Wildman–Crippen MR) is 125 cm³/mol. The van der Waals surface area contributed by atoms with Crippen molar-refractivity contribution in [3.63, 3.8) is 0 Å². The number of hydrogen-bond acceptors (Lipinski definition) is 4. The largest absolute Gasteiger partial charge is 0.457 e. The summed E-state index contributed by atoms with van der Waals surface area (Å²) in [4.78, 5) is 26.6. The first-order valence-corrected chi connectivity index (χ1v) is 11.1. The molecule has 0 aliphatic carbocycles. The zero-order chi connectivity index (χ0) is 20.5. The van der Waals surface area contributed by atoms with Crippen molar-refractivity contribution in [3.05, 3.63) is 84.4 Å². The summed E-state index contributed by atoms with van der Waals surface area (Å²) in [5.74, 6) is 0.683. The minimum atomic E-state index is -0.332. The first kappa shape index (κ1) is 20.5. The third-order valence-corrected chi connectivity index (χ3v) is 6.40. The highest BCUT2D eigenvalue weighted by Crippen LogP contribution is 2.35. The molecular weight excluding hydrogens is 544 g/mol. The normalized spacial score (nSPS) is 15.6. The van der Waals surface area contributed by atoms with Crippen molar-refractivity contribution in [2.24, 2.45) is 0 Å². The number of rotatable bonds is 4. The molecule has 2 aromatic carbocycles. The fraction of sp³-hybridized carbons (Fsp3) is 0.0476. The molecule has 1 aromatic heterocycles. The van der Waals surface area contributed by atoms with Crippen molar-refractivity contribution in [1.82, 2.24) is 4.90 Å². The van der Waals surface area contributed by atoms with Crippen LogP contribution in [0.3, 0.4) is 0 Å². The standard InChI is InChI=1S/C21H12Cl2INO3S/c22-13-3-7-16(17(23)9-13)18-8-6-15(28-18)10-19-20(26)25(21(27)29-19)11-12-1-4-14(24)5-2-12/h1-10H,11H2/b19-10-. The number of carbonyl (C=O) groups is 2. The number of benzene rings is 2. The van der Waals surface area contributed by atoms with Gasteiger partial charge in [-0.2, -0.15) is 0 Å². The minimum Gasteiger partial charge on any atom is -0.457 e. The van der Waals surface area contributed by atoms with Gasteiger partial charge < -0.3 is 4.42 Å². The molecular formula is C21H12Cl2INO3S. The molecule has 4 nitrogen and oxygen atoms in total. The van der Waals surface area contributed by atoms with Gasteiger partial charge in [0.25, 0.3) is 11.1 Å². The first-order valence-electron chi connectivity index (χ1n) is 8.46. The van der Waals surface area contributed by atoms with E-state index < -0.39 is 0 Å². The summed E-state index contributed by atoms with van der Waals surface area (Å²) in [7, 11) is 0. The Kier molecular flexibility index (Phi) is 6.06. The number of hydrogen-bond donors (Lipinski definition) is 0. The number of carbonyl (C=O) groups excluding carboxylic acids is 2. The molecule has 0 radical (unpaired) electrons. The van der Waals surface area contributed by atoms with Crippen molar-refractivity contribution in [2.75, 3.05) is 0 Å². The molecule has 8 heteroatoms. The Balaban J connectivity index is 1.54. The van der Waals surface area contributed by atoms with E-state index in [2.05, 4.69) is 22.6 Å². The Morgan fingerprint density at radius 2 is 1.79 bits per heavy atom. The number of nitrogens with zero attached hydrogens (tertiary/aromatic N) is 1. The molecule has 0 saturated carbocycles. The highest BCUT2D eigenvalue weighted by atomic mass is 127. The highest BCUT2D eigenvalue weighted by Gasteiger charge is 2.35. The van der Waals surface area contributed by atoms with Gasteiger partial charge in [-0.25, -0.2) is 0 Å². The molecule has 3 aromatic rings. The predicted octanol–water partition coefficient (Wildman–Crippen LogP) is 7.09. The number of amides is 2. The Labute approximate surface area is 195 Å². The van der Waals surface area contributed by atoms with E-state index in [0.717, 1.165) is 20.9 Å². The van der Waals surface area contributed by atoms with Crippen LogP contribution in [0.5, 0.6) is 0 Å². The van der Waals surface area contributed by atoms with Crippen LogP contribution in [-0.2, 0) is 11.3 Å². The second kappa shape index (κ2) is 8.55. The maximum absolute atomic E-state index is 12.7. The van der Waals surface area contributed by atoms with Crippen LogP contribution in [0.2, 0.25) is 10.0 Å². The van der Waals surface area contributed by atoms with Gasteiger partial charge in [-0.1, -0.05) is 35.3 Å². The molecule has 0 atom stereocenters. The molecule has 2 amide bonds. The van der Waals surface area contributed by atoms with Gasteiger partial charge in [0.15, 0.2) is 0 Å². The van der Waals surface area contributed by atoms with Crippen LogP contribution in [0.1, 0.15) is 11.3 Å². The van der Waals surface area contributed by atoms with E-state index in [1.807, 2.05) is 24.3 Å². The number of furan rings is 1. The maximum Gasteiger partial charge on any atom is 0.293 e. The second-order valence-electron chi connectivity index (χ2n) is 6.22. The molecule has 1 aliphatic heterocycles. The van der Waals surface area contributed by atoms with Crippen molar-refractivity contribution in [2.45, 2.75) is 6.54 Å². The van der Waals surface area contributed by atoms with Crippen LogP contribution in [-0.4, -0.2) is 16.0 Å². The molecule has 1 fully saturated rings. The van der Waals surface area contributed by atoms with Gasteiger partial charge in [-0.15, -0.1) is 0 Å². The van der Waals surface area contributed by atoms with Crippen molar-refractivity contribution < 1.29 is 14.0 Å². The average Bonchev–Trinajstić information content (AvgIpc) is 3.24. The van der Waals surface area contributed by atoms with E-state index in [9.17, 15) is 9.59 Å². The molecule has 146 valence electrons. The SMILES string of the molecule is O=C1S/C(=C\c2ccc(-c3ccc(Cl)cc3Cl)o2)C(=O)N1Cc1ccc(I)cc1. The van der Waals surface area contributed by atoms with Gasteiger partial charge in [-0.05, 0) is 82.4 Å². The van der Waals surface area contributed by atoms with E-state index in [4.69, 9.17) is 27.6 Å². The third-order valence-electron chi connectivity index (χ3n) is 4.22. The fourth-order valence-electron chi connectivity index (χ4n) is 2.80. The number of halogens is 3. The molecule has 0 N–H and O–H groups in total. The summed E-state index contributed by atoms with van der Waals surface area (Å²) in [5.41, 5.74) is 1.59. The van der Waals surface area contributed by atoms with Gasteiger partial charge in [0.1, 0.15) is 11.5 Å².